The first-order chi connectivity index (χ1) is 4.04. The van der Waals surface area contributed by atoms with E-state index in [1.807, 2.05) is 13.8 Å². The molecule has 9 heavy (non-hydrogen) atoms. The second kappa shape index (κ2) is 3.71. The minimum atomic E-state index is -0.323. The molecule has 0 aliphatic heterocycles. The third kappa shape index (κ3) is 2.80. The van der Waals surface area contributed by atoms with Gasteiger partial charge in [0.15, 0.2) is 5.78 Å². The number of Topliss-reactive ketones (excluding diaryl/α,β-unsaturated/α-hetero) is 1. The summed E-state index contributed by atoms with van der Waals surface area (Å²) < 4.78 is -0.323. The van der Waals surface area contributed by atoms with Crippen LogP contribution in [0.4, 0.5) is 0 Å². The monoisotopic (exact) mass is 256 g/mol. The summed E-state index contributed by atoms with van der Waals surface area (Å²) in [5.74, 6) is 0.199. The van der Waals surface area contributed by atoms with E-state index in [4.69, 9.17) is 0 Å². The van der Waals surface area contributed by atoms with Crippen molar-refractivity contribution >= 4 is 37.6 Å². The molecule has 0 N–H and O–H groups in total. The summed E-state index contributed by atoms with van der Waals surface area (Å²) in [4.78, 5) is 11.0. The number of hydrogen-bond acceptors (Lipinski definition) is 1. The van der Waals surface area contributed by atoms with Crippen molar-refractivity contribution in [1.82, 2.24) is 0 Å². The van der Waals surface area contributed by atoms with Crippen molar-refractivity contribution in [3.8, 4) is 0 Å². The normalized spacial score (nSPS) is 16.9. The fraction of sp³-hybridized carbons (Fsp3) is 0.833. The molecule has 0 aromatic carbocycles. The van der Waals surface area contributed by atoms with Crippen LogP contribution in [0.2, 0.25) is 0 Å². The Hall–Kier alpha value is 0.630. The molecule has 0 aliphatic carbocycles. The van der Waals surface area contributed by atoms with Gasteiger partial charge in [-0.3, -0.25) is 4.79 Å². The molecule has 1 atom stereocenters. The van der Waals surface area contributed by atoms with Gasteiger partial charge in [-0.25, -0.2) is 0 Å². The first-order valence-corrected chi connectivity index (χ1v) is 4.74. The number of carbonyl (C=O) groups is 1. The minimum absolute atomic E-state index is 0.199. The lowest BCUT2D eigenvalue weighted by Gasteiger charge is -2.16. The summed E-state index contributed by atoms with van der Waals surface area (Å²) in [5.41, 5.74) is 0. The first kappa shape index (κ1) is 9.63. The van der Waals surface area contributed by atoms with E-state index in [0.717, 1.165) is 6.42 Å². The van der Waals surface area contributed by atoms with Crippen LogP contribution in [-0.4, -0.2) is 15.4 Å². The summed E-state index contributed by atoms with van der Waals surface area (Å²) in [6, 6.07) is 0. The Balaban J connectivity index is 3.97. The van der Waals surface area contributed by atoms with Crippen LogP contribution in [-0.2, 0) is 4.79 Å². The molecule has 3 heteroatoms. The Morgan fingerprint density at radius 2 is 2.11 bits per heavy atom. The molecular formula is C6H10Br2O. The lowest BCUT2D eigenvalue weighted by molar-refractivity contribution is -0.118. The summed E-state index contributed by atoms with van der Waals surface area (Å²) in [6.07, 6.45) is 0.831. The Morgan fingerprint density at radius 1 is 1.67 bits per heavy atom. The zero-order valence-electron chi connectivity index (χ0n) is 5.58. The predicted molar refractivity (Wildman–Crippen MR) is 46.4 cm³/mol. The second-order valence-electron chi connectivity index (χ2n) is 2.11. The predicted octanol–water partition coefficient (Wildman–Crippen LogP) is 2.51. The van der Waals surface area contributed by atoms with Gasteiger partial charge in [0.25, 0.3) is 0 Å². The smallest absolute Gasteiger partial charge is 0.159 e. The minimum Gasteiger partial charge on any atom is -0.297 e. The van der Waals surface area contributed by atoms with E-state index >= 15 is 0 Å². The van der Waals surface area contributed by atoms with E-state index in [1.165, 1.54) is 0 Å². The summed E-state index contributed by atoms with van der Waals surface area (Å²) in [7, 11) is 0. The SMILES string of the molecule is CCC(C)(Br)C(=O)CBr. The Morgan fingerprint density at radius 3 is 2.22 bits per heavy atom. The van der Waals surface area contributed by atoms with Crippen molar-refractivity contribution in [2.45, 2.75) is 24.6 Å². The van der Waals surface area contributed by atoms with Crippen LogP contribution in [0.3, 0.4) is 0 Å². The Labute approximate surface area is 72.5 Å². The summed E-state index contributed by atoms with van der Waals surface area (Å²) in [5, 5.41) is 0.433. The number of carbonyl (C=O) groups excluding carboxylic acids is 1. The number of alkyl halides is 2. The molecular weight excluding hydrogens is 248 g/mol. The van der Waals surface area contributed by atoms with Crippen LogP contribution in [0.15, 0.2) is 0 Å². The van der Waals surface area contributed by atoms with Crippen molar-refractivity contribution < 1.29 is 4.79 Å². The largest absolute Gasteiger partial charge is 0.297 e. The lowest BCUT2D eigenvalue weighted by Crippen LogP contribution is -2.27. The second-order valence-corrected chi connectivity index (χ2v) is 4.42. The van der Waals surface area contributed by atoms with Crippen LogP contribution in [0.1, 0.15) is 20.3 Å². The van der Waals surface area contributed by atoms with Gasteiger partial charge >= 0.3 is 0 Å². The quantitative estimate of drug-likeness (QED) is 0.711. The highest BCUT2D eigenvalue weighted by molar-refractivity contribution is 9.10. The molecule has 0 radical (unpaired) electrons. The van der Waals surface area contributed by atoms with Gasteiger partial charge in [-0.05, 0) is 13.3 Å². The van der Waals surface area contributed by atoms with E-state index in [0.29, 0.717) is 5.33 Å². The van der Waals surface area contributed by atoms with Gasteiger partial charge in [-0.15, -0.1) is 0 Å². The standard InChI is InChI=1S/C6H10Br2O/c1-3-6(2,8)5(9)4-7/h3-4H2,1-2H3. The highest BCUT2D eigenvalue weighted by Crippen LogP contribution is 2.22. The summed E-state index contributed by atoms with van der Waals surface area (Å²) >= 11 is 6.44. The van der Waals surface area contributed by atoms with Crippen LogP contribution >= 0.6 is 31.9 Å². The molecule has 0 fully saturated rings. The number of hydrogen-bond donors (Lipinski definition) is 0. The van der Waals surface area contributed by atoms with Gasteiger partial charge in [-0.1, -0.05) is 38.8 Å². The molecule has 0 heterocycles. The lowest BCUT2D eigenvalue weighted by atomic mass is 10.1. The zero-order chi connectivity index (χ0) is 7.49. The highest BCUT2D eigenvalue weighted by atomic mass is 79.9. The topological polar surface area (TPSA) is 17.1 Å². The average molecular weight is 258 g/mol. The molecule has 0 saturated heterocycles. The van der Waals surface area contributed by atoms with Crippen LogP contribution < -0.4 is 0 Å². The van der Waals surface area contributed by atoms with Crippen molar-refractivity contribution in [2.75, 3.05) is 5.33 Å². The van der Waals surface area contributed by atoms with Gasteiger partial charge in [0, 0.05) is 0 Å². The van der Waals surface area contributed by atoms with E-state index < -0.39 is 0 Å². The Bertz CT molecular complexity index is 110. The number of rotatable bonds is 3. The summed E-state index contributed by atoms with van der Waals surface area (Å²) in [6.45, 7) is 3.87. The van der Waals surface area contributed by atoms with E-state index in [-0.39, 0.29) is 10.1 Å². The van der Waals surface area contributed by atoms with Crippen LogP contribution in [0.5, 0.6) is 0 Å². The third-order valence-corrected chi connectivity index (χ3v) is 2.88. The highest BCUT2D eigenvalue weighted by Gasteiger charge is 2.25. The zero-order valence-corrected chi connectivity index (χ0v) is 8.75. The molecule has 0 amide bonds. The van der Waals surface area contributed by atoms with Gasteiger partial charge in [0.1, 0.15) is 0 Å². The molecule has 1 nitrogen and oxygen atoms in total. The van der Waals surface area contributed by atoms with E-state index in [2.05, 4.69) is 31.9 Å². The maximum atomic E-state index is 11.0. The average Bonchev–Trinajstić information content (AvgIpc) is 1.86. The molecule has 0 bridgehead atoms. The molecule has 1 unspecified atom stereocenters. The number of ketones is 1. The molecule has 0 spiro atoms. The molecule has 54 valence electrons. The molecule has 0 aromatic rings. The van der Waals surface area contributed by atoms with Crippen LogP contribution in [0.25, 0.3) is 0 Å². The fourth-order valence-corrected chi connectivity index (χ4v) is 1.47. The van der Waals surface area contributed by atoms with Crippen molar-refractivity contribution in [3.05, 3.63) is 0 Å². The van der Waals surface area contributed by atoms with Crippen molar-refractivity contribution in [2.24, 2.45) is 0 Å². The van der Waals surface area contributed by atoms with Gasteiger partial charge < -0.3 is 0 Å². The molecule has 0 rings (SSSR count). The molecule has 0 aliphatic rings. The number of halogens is 2. The maximum absolute atomic E-state index is 11.0. The van der Waals surface area contributed by atoms with Gasteiger partial charge in [-0.2, -0.15) is 0 Å². The molecule has 0 saturated carbocycles. The first-order valence-electron chi connectivity index (χ1n) is 2.82. The molecule has 0 aromatic heterocycles. The van der Waals surface area contributed by atoms with E-state index in [1.54, 1.807) is 0 Å². The van der Waals surface area contributed by atoms with Gasteiger partial charge in [0.2, 0.25) is 0 Å². The van der Waals surface area contributed by atoms with Crippen molar-refractivity contribution in [1.29, 1.82) is 0 Å². The maximum Gasteiger partial charge on any atom is 0.159 e. The Kier molecular flexibility index (Phi) is 3.97. The third-order valence-electron chi connectivity index (χ3n) is 1.37. The van der Waals surface area contributed by atoms with E-state index in [9.17, 15) is 4.79 Å². The van der Waals surface area contributed by atoms with Crippen molar-refractivity contribution in [3.63, 3.8) is 0 Å². The van der Waals surface area contributed by atoms with Crippen LogP contribution in [0, 0.1) is 0 Å². The van der Waals surface area contributed by atoms with Gasteiger partial charge in [0.05, 0.1) is 9.65 Å². The fourth-order valence-electron chi connectivity index (χ4n) is 0.336.